The van der Waals surface area contributed by atoms with E-state index in [9.17, 15) is 13.2 Å². The minimum atomic E-state index is -1.18. The lowest BCUT2D eigenvalue weighted by atomic mass is 10.1. The van der Waals surface area contributed by atoms with Gasteiger partial charge < -0.3 is 15.1 Å². The molecule has 6 nitrogen and oxygen atoms in total. The zero-order valence-electron chi connectivity index (χ0n) is 17.2. The Morgan fingerprint density at radius 2 is 1.84 bits per heavy atom. The molecule has 0 fully saturated rings. The second-order valence-corrected chi connectivity index (χ2v) is 6.99. The number of nitrogens with zero attached hydrogens (tertiary/aromatic N) is 3. The standard InChI is InChI=1S/C23H20F3N5O/c1-2-14-6-9-19(18(25)13-14)29-21-16(7-8-17(24)20(21)26)22-30-31-23(32-22)28-12-10-15-5-3-4-11-27-15/h3-9,11,13,29H,2,10,12H2,1H3,(H,28,31). The summed E-state index contributed by atoms with van der Waals surface area (Å²) in [5, 5.41) is 13.4. The number of hydrogen-bond acceptors (Lipinski definition) is 6. The Bertz CT molecular complexity index is 1210. The largest absolute Gasteiger partial charge is 0.403 e. The summed E-state index contributed by atoms with van der Waals surface area (Å²) in [5.41, 5.74) is 1.49. The number of anilines is 3. The molecule has 2 heterocycles. The number of nitrogens with one attached hydrogen (secondary N) is 2. The van der Waals surface area contributed by atoms with E-state index in [1.54, 1.807) is 12.3 Å². The summed E-state index contributed by atoms with van der Waals surface area (Å²) in [4.78, 5) is 4.23. The third-order valence-corrected chi connectivity index (χ3v) is 4.84. The highest BCUT2D eigenvalue weighted by Gasteiger charge is 2.20. The van der Waals surface area contributed by atoms with Crippen LogP contribution in [0.3, 0.4) is 0 Å². The van der Waals surface area contributed by atoms with Crippen LogP contribution in [0.2, 0.25) is 0 Å². The fourth-order valence-corrected chi connectivity index (χ4v) is 3.11. The highest BCUT2D eigenvalue weighted by Crippen LogP contribution is 2.34. The van der Waals surface area contributed by atoms with Gasteiger partial charge in [-0.1, -0.05) is 24.2 Å². The molecule has 2 N–H and O–H groups in total. The van der Waals surface area contributed by atoms with Crippen molar-refractivity contribution in [3.05, 3.63) is 83.4 Å². The molecule has 0 amide bonds. The van der Waals surface area contributed by atoms with Gasteiger partial charge in [-0.25, -0.2) is 13.2 Å². The van der Waals surface area contributed by atoms with Crippen molar-refractivity contribution in [1.29, 1.82) is 0 Å². The minimum absolute atomic E-state index is 0.00109. The van der Waals surface area contributed by atoms with E-state index in [1.165, 1.54) is 18.2 Å². The van der Waals surface area contributed by atoms with Gasteiger partial charge in [0.25, 0.3) is 5.89 Å². The molecule has 9 heteroatoms. The molecule has 0 aliphatic heterocycles. The van der Waals surface area contributed by atoms with Crippen molar-refractivity contribution < 1.29 is 17.6 Å². The molecule has 0 atom stereocenters. The average molecular weight is 439 g/mol. The summed E-state index contributed by atoms with van der Waals surface area (Å²) >= 11 is 0. The van der Waals surface area contributed by atoms with Crippen molar-refractivity contribution in [3.63, 3.8) is 0 Å². The molecule has 4 aromatic rings. The van der Waals surface area contributed by atoms with E-state index < -0.39 is 17.5 Å². The molecule has 0 radical (unpaired) electrons. The number of halogens is 3. The second kappa shape index (κ2) is 9.51. The van der Waals surface area contributed by atoms with Gasteiger partial charge in [-0.15, -0.1) is 5.10 Å². The van der Waals surface area contributed by atoms with Crippen molar-refractivity contribution in [2.45, 2.75) is 19.8 Å². The molecular formula is C23H20F3N5O. The third kappa shape index (κ3) is 4.72. The summed E-state index contributed by atoms with van der Waals surface area (Å²) in [6.07, 6.45) is 2.98. The maximum Gasteiger partial charge on any atom is 0.315 e. The van der Waals surface area contributed by atoms with E-state index in [0.29, 0.717) is 19.4 Å². The molecule has 0 aliphatic carbocycles. The molecule has 4 rings (SSSR count). The Kier molecular flexibility index (Phi) is 6.34. The van der Waals surface area contributed by atoms with Gasteiger partial charge in [-0.3, -0.25) is 4.98 Å². The highest BCUT2D eigenvalue weighted by molar-refractivity contribution is 5.78. The van der Waals surface area contributed by atoms with Crippen molar-refractivity contribution in [2.75, 3.05) is 17.2 Å². The van der Waals surface area contributed by atoms with E-state index >= 15 is 0 Å². The smallest absolute Gasteiger partial charge is 0.315 e. The first kappa shape index (κ1) is 21.4. The normalized spacial score (nSPS) is 10.9. The highest BCUT2D eigenvalue weighted by atomic mass is 19.2. The lowest BCUT2D eigenvalue weighted by Gasteiger charge is -2.13. The Balaban J connectivity index is 1.56. The van der Waals surface area contributed by atoms with Crippen molar-refractivity contribution in [3.8, 4) is 11.5 Å². The fraction of sp³-hybridized carbons (Fsp3) is 0.174. The SMILES string of the molecule is CCc1ccc(Nc2c(-c3nnc(NCCc4ccccn4)o3)ccc(F)c2F)c(F)c1. The number of rotatable bonds is 8. The zero-order valence-corrected chi connectivity index (χ0v) is 17.2. The van der Waals surface area contributed by atoms with Gasteiger partial charge in [0.2, 0.25) is 0 Å². The molecule has 0 saturated carbocycles. The number of hydrogen-bond donors (Lipinski definition) is 2. The summed E-state index contributed by atoms with van der Waals surface area (Å²) in [7, 11) is 0. The van der Waals surface area contributed by atoms with Crippen LogP contribution in [-0.4, -0.2) is 21.7 Å². The molecule has 0 saturated heterocycles. The number of benzene rings is 2. The van der Waals surface area contributed by atoms with Crippen LogP contribution in [0.5, 0.6) is 0 Å². The number of pyridine rings is 1. The van der Waals surface area contributed by atoms with Crippen LogP contribution in [0.15, 0.2) is 59.1 Å². The van der Waals surface area contributed by atoms with Crippen LogP contribution in [0, 0.1) is 17.5 Å². The maximum absolute atomic E-state index is 14.6. The first-order valence-electron chi connectivity index (χ1n) is 10.1. The minimum Gasteiger partial charge on any atom is -0.403 e. The Morgan fingerprint density at radius 3 is 2.59 bits per heavy atom. The summed E-state index contributed by atoms with van der Waals surface area (Å²) in [6, 6.07) is 12.5. The van der Waals surface area contributed by atoms with Gasteiger partial charge in [0.05, 0.1) is 16.9 Å². The average Bonchev–Trinajstić information content (AvgIpc) is 3.27. The molecule has 0 aliphatic rings. The van der Waals surface area contributed by atoms with Gasteiger partial charge in [0.1, 0.15) is 5.82 Å². The Morgan fingerprint density at radius 1 is 0.969 bits per heavy atom. The van der Waals surface area contributed by atoms with E-state index in [2.05, 4.69) is 25.8 Å². The van der Waals surface area contributed by atoms with E-state index in [0.717, 1.165) is 17.3 Å². The van der Waals surface area contributed by atoms with Gasteiger partial charge in [0.15, 0.2) is 11.6 Å². The number of aryl methyl sites for hydroxylation is 1. The van der Waals surface area contributed by atoms with Gasteiger partial charge in [-0.2, -0.15) is 0 Å². The molecule has 0 spiro atoms. The van der Waals surface area contributed by atoms with Crippen LogP contribution in [-0.2, 0) is 12.8 Å². The maximum atomic E-state index is 14.6. The van der Waals surface area contributed by atoms with Gasteiger partial charge in [0, 0.05) is 24.9 Å². The summed E-state index contributed by atoms with van der Waals surface area (Å²) in [6.45, 7) is 2.38. The molecule has 2 aromatic heterocycles. The van der Waals surface area contributed by atoms with Gasteiger partial charge in [-0.05, 0) is 48.4 Å². The Hall–Kier alpha value is -3.88. The van der Waals surface area contributed by atoms with Crippen LogP contribution in [0.25, 0.3) is 11.5 Å². The van der Waals surface area contributed by atoms with Crippen molar-refractivity contribution >= 4 is 17.4 Å². The summed E-state index contributed by atoms with van der Waals surface area (Å²) in [5.74, 6) is -2.89. The lowest BCUT2D eigenvalue weighted by Crippen LogP contribution is -2.05. The predicted molar refractivity (Wildman–Crippen MR) is 115 cm³/mol. The molecule has 164 valence electrons. The summed E-state index contributed by atoms with van der Waals surface area (Å²) < 4.78 is 48.6. The van der Waals surface area contributed by atoms with Crippen LogP contribution >= 0.6 is 0 Å². The Labute approximate surface area is 182 Å². The van der Waals surface area contributed by atoms with Gasteiger partial charge >= 0.3 is 6.01 Å². The van der Waals surface area contributed by atoms with Crippen molar-refractivity contribution in [2.24, 2.45) is 0 Å². The molecule has 0 bridgehead atoms. The first-order valence-corrected chi connectivity index (χ1v) is 10.1. The van der Waals surface area contributed by atoms with Crippen LogP contribution in [0.4, 0.5) is 30.6 Å². The first-order chi connectivity index (χ1) is 15.5. The monoisotopic (exact) mass is 439 g/mol. The van der Waals surface area contributed by atoms with E-state index in [1.807, 2.05) is 25.1 Å². The predicted octanol–water partition coefficient (Wildman–Crippen LogP) is 5.51. The van der Waals surface area contributed by atoms with Crippen molar-refractivity contribution in [1.82, 2.24) is 15.2 Å². The quantitative estimate of drug-likeness (QED) is 0.377. The zero-order chi connectivity index (χ0) is 22.5. The molecule has 32 heavy (non-hydrogen) atoms. The van der Waals surface area contributed by atoms with E-state index in [-0.39, 0.29) is 28.8 Å². The topological polar surface area (TPSA) is 75.9 Å². The number of aromatic nitrogens is 3. The third-order valence-electron chi connectivity index (χ3n) is 4.84. The van der Waals surface area contributed by atoms with Crippen LogP contribution < -0.4 is 10.6 Å². The second-order valence-electron chi connectivity index (χ2n) is 6.99. The molecule has 0 unspecified atom stereocenters. The van der Waals surface area contributed by atoms with E-state index in [4.69, 9.17) is 4.42 Å². The molecule has 2 aromatic carbocycles. The lowest BCUT2D eigenvalue weighted by molar-refractivity contribution is 0.511. The van der Waals surface area contributed by atoms with Crippen LogP contribution in [0.1, 0.15) is 18.2 Å². The molecular weight excluding hydrogens is 419 g/mol. The fourth-order valence-electron chi connectivity index (χ4n) is 3.11.